The lowest BCUT2D eigenvalue weighted by Gasteiger charge is -2.31. The number of piperidine rings is 1. The van der Waals surface area contributed by atoms with Crippen molar-refractivity contribution in [1.82, 2.24) is 19.3 Å². The number of anilines is 2. The Morgan fingerprint density at radius 2 is 1.98 bits per heavy atom. The minimum absolute atomic E-state index is 0.0161. The van der Waals surface area contributed by atoms with Gasteiger partial charge in [-0.15, -0.1) is 0 Å². The SMILES string of the molecule is Cc1cc(Nc2nccn3c(-c4ccc(OC5C=CN=CC5)c(F)c4F)cnc23)ccc1C(=O)N1CCC(CN)CC1. The molecule has 4 heterocycles. The Morgan fingerprint density at radius 1 is 1.14 bits per heavy atom. The number of aromatic nitrogens is 3. The van der Waals surface area contributed by atoms with Crippen molar-refractivity contribution < 1.29 is 18.3 Å². The Kier molecular flexibility index (Phi) is 7.66. The van der Waals surface area contributed by atoms with Gasteiger partial charge < -0.3 is 20.7 Å². The summed E-state index contributed by atoms with van der Waals surface area (Å²) in [6.45, 7) is 3.97. The summed E-state index contributed by atoms with van der Waals surface area (Å²) in [5.41, 5.74) is 8.82. The normalized spacial score (nSPS) is 17.1. The summed E-state index contributed by atoms with van der Waals surface area (Å²) in [6, 6.07) is 8.41. The van der Waals surface area contributed by atoms with Crippen LogP contribution in [0.5, 0.6) is 5.75 Å². The van der Waals surface area contributed by atoms with Crippen LogP contribution in [0.2, 0.25) is 0 Å². The van der Waals surface area contributed by atoms with Crippen LogP contribution in [0.1, 0.15) is 35.2 Å². The van der Waals surface area contributed by atoms with Crippen molar-refractivity contribution in [3.05, 3.63) is 84.0 Å². The molecular weight excluding hydrogens is 540 g/mol. The molecule has 2 aromatic heterocycles. The zero-order valence-corrected chi connectivity index (χ0v) is 23.1. The molecule has 0 radical (unpaired) electrons. The maximum absolute atomic E-state index is 15.3. The number of hydrogen-bond donors (Lipinski definition) is 2. The van der Waals surface area contributed by atoms with E-state index in [9.17, 15) is 4.79 Å². The van der Waals surface area contributed by atoms with E-state index in [1.807, 2.05) is 30.0 Å². The fourth-order valence-electron chi connectivity index (χ4n) is 5.39. The van der Waals surface area contributed by atoms with Crippen LogP contribution in [-0.4, -0.2) is 57.1 Å². The summed E-state index contributed by atoms with van der Waals surface area (Å²) in [5, 5.41) is 3.25. The van der Waals surface area contributed by atoms with Crippen LogP contribution >= 0.6 is 0 Å². The summed E-state index contributed by atoms with van der Waals surface area (Å²) in [7, 11) is 0. The van der Waals surface area contributed by atoms with Crippen molar-refractivity contribution in [2.75, 3.05) is 25.0 Å². The number of benzene rings is 2. The Morgan fingerprint density at radius 3 is 2.71 bits per heavy atom. The lowest BCUT2D eigenvalue weighted by Crippen LogP contribution is -2.40. The van der Waals surface area contributed by atoms with E-state index in [2.05, 4.69) is 20.3 Å². The number of aliphatic imine (C=N–C) groups is 1. The maximum Gasteiger partial charge on any atom is 0.254 e. The zero-order valence-electron chi connectivity index (χ0n) is 23.1. The van der Waals surface area contributed by atoms with Gasteiger partial charge >= 0.3 is 0 Å². The molecule has 2 aromatic carbocycles. The third kappa shape index (κ3) is 5.35. The monoisotopic (exact) mass is 571 g/mol. The smallest absolute Gasteiger partial charge is 0.254 e. The largest absolute Gasteiger partial charge is 0.483 e. The molecule has 1 amide bonds. The van der Waals surface area contributed by atoms with Crippen molar-refractivity contribution in [1.29, 1.82) is 0 Å². The number of carbonyl (C=O) groups is 1. The molecule has 2 aliphatic rings. The van der Waals surface area contributed by atoms with E-state index in [0.29, 0.717) is 54.7 Å². The first kappa shape index (κ1) is 27.5. The van der Waals surface area contributed by atoms with E-state index in [1.54, 1.807) is 35.3 Å². The second kappa shape index (κ2) is 11.7. The van der Waals surface area contributed by atoms with E-state index < -0.39 is 17.7 Å². The Labute approximate surface area is 241 Å². The molecule has 1 unspecified atom stereocenters. The van der Waals surface area contributed by atoms with E-state index >= 15 is 8.78 Å². The number of likely N-dealkylation sites (tertiary alicyclic amines) is 1. The molecule has 0 aliphatic carbocycles. The molecule has 0 saturated carbocycles. The van der Waals surface area contributed by atoms with Gasteiger partial charge in [-0.05, 0) is 74.2 Å². The van der Waals surface area contributed by atoms with Crippen LogP contribution in [0.15, 0.2) is 66.2 Å². The molecule has 3 N–H and O–H groups in total. The Bertz CT molecular complexity index is 1690. The van der Waals surface area contributed by atoms with Gasteiger partial charge in [-0.2, -0.15) is 4.39 Å². The van der Waals surface area contributed by atoms with E-state index in [1.165, 1.54) is 18.3 Å². The van der Waals surface area contributed by atoms with Crippen LogP contribution < -0.4 is 15.8 Å². The number of carbonyl (C=O) groups excluding carboxylic acids is 1. The first-order chi connectivity index (χ1) is 20.4. The molecule has 1 fully saturated rings. The van der Waals surface area contributed by atoms with Gasteiger partial charge in [0.2, 0.25) is 5.82 Å². The number of nitrogens with zero attached hydrogens (tertiary/aromatic N) is 5. The maximum atomic E-state index is 15.3. The lowest BCUT2D eigenvalue weighted by atomic mass is 9.96. The molecule has 6 rings (SSSR count). The van der Waals surface area contributed by atoms with E-state index in [-0.39, 0.29) is 17.2 Å². The average molecular weight is 572 g/mol. The number of halogens is 2. The second-order valence-corrected chi connectivity index (χ2v) is 10.5. The first-order valence-corrected chi connectivity index (χ1v) is 14.0. The molecule has 216 valence electrons. The fourth-order valence-corrected chi connectivity index (χ4v) is 5.39. The van der Waals surface area contributed by atoms with Crippen molar-refractivity contribution in [2.45, 2.75) is 32.3 Å². The molecule has 1 saturated heterocycles. The number of fused-ring (bicyclic) bond motifs is 1. The standard InChI is InChI=1S/C31H31F2N7O2/c1-19-16-21(2-3-23(19)31(41)39-13-8-20(17-34)9-14-39)38-29-30-37-18-25(40(30)15-12-36-29)24-4-5-26(28(33)27(24)32)42-22-6-10-35-11-7-22/h2-6,10-12,15-16,18,20,22H,7-9,13-14,17,34H2,1H3,(H,36,38). The van der Waals surface area contributed by atoms with Gasteiger partial charge in [0.1, 0.15) is 6.10 Å². The Balaban J connectivity index is 1.22. The average Bonchev–Trinajstić information content (AvgIpc) is 3.45. The van der Waals surface area contributed by atoms with Crippen LogP contribution in [-0.2, 0) is 0 Å². The number of amides is 1. The lowest BCUT2D eigenvalue weighted by molar-refractivity contribution is 0.0692. The predicted octanol–water partition coefficient (Wildman–Crippen LogP) is 5.27. The molecule has 42 heavy (non-hydrogen) atoms. The highest BCUT2D eigenvalue weighted by atomic mass is 19.2. The molecule has 11 heteroatoms. The Hall–Kier alpha value is -4.64. The second-order valence-electron chi connectivity index (χ2n) is 10.5. The van der Waals surface area contributed by atoms with Gasteiger partial charge in [0.05, 0.1) is 11.9 Å². The molecule has 0 bridgehead atoms. The summed E-state index contributed by atoms with van der Waals surface area (Å²) < 4.78 is 37.5. The van der Waals surface area contributed by atoms with Gasteiger partial charge in [-0.1, -0.05) is 0 Å². The van der Waals surface area contributed by atoms with Crippen molar-refractivity contribution in [3.8, 4) is 17.0 Å². The topological polar surface area (TPSA) is 110 Å². The molecule has 4 aromatic rings. The summed E-state index contributed by atoms with van der Waals surface area (Å²) in [6.07, 6.45) is 11.5. The molecule has 2 aliphatic heterocycles. The molecule has 0 spiro atoms. The molecular formula is C31H31F2N7O2. The summed E-state index contributed by atoms with van der Waals surface area (Å²) in [4.78, 5) is 27.9. The third-order valence-electron chi connectivity index (χ3n) is 7.81. The van der Waals surface area contributed by atoms with E-state index in [0.717, 1.165) is 24.1 Å². The van der Waals surface area contributed by atoms with Gasteiger partial charge in [-0.25, -0.2) is 14.4 Å². The summed E-state index contributed by atoms with van der Waals surface area (Å²) >= 11 is 0. The number of ether oxygens (including phenoxy) is 1. The van der Waals surface area contributed by atoms with E-state index in [4.69, 9.17) is 10.5 Å². The van der Waals surface area contributed by atoms with Crippen LogP contribution in [0, 0.1) is 24.5 Å². The number of hydrogen-bond acceptors (Lipinski definition) is 7. The van der Waals surface area contributed by atoms with Crippen LogP contribution in [0.4, 0.5) is 20.3 Å². The minimum Gasteiger partial charge on any atom is -0.483 e. The predicted molar refractivity (Wildman–Crippen MR) is 157 cm³/mol. The molecule has 1 atom stereocenters. The fraction of sp³-hybridized carbons (Fsp3) is 0.290. The van der Waals surface area contributed by atoms with Gasteiger partial charge in [0, 0.05) is 61.1 Å². The third-order valence-corrected chi connectivity index (χ3v) is 7.81. The zero-order chi connectivity index (χ0) is 29.2. The van der Waals surface area contributed by atoms with Crippen molar-refractivity contribution >= 4 is 29.3 Å². The highest BCUT2D eigenvalue weighted by Gasteiger charge is 2.24. The number of nitrogens with two attached hydrogens (primary N) is 1. The molecule has 9 nitrogen and oxygen atoms in total. The van der Waals surface area contributed by atoms with Gasteiger partial charge in [0.25, 0.3) is 5.91 Å². The van der Waals surface area contributed by atoms with Crippen molar-refractivity contribution in [2.24, 2.45) is 16.6 Å². The van der Waals surface area contributed by atoms with Crippen LogP contribution in [0.3, 0.4) is 0 Å². The first-order valence-electron chi connectivity index (χ1n) is 14.0. The quantitative estimate of drug-likeness (QED) is 0.313. The highest BCUT2D eigenvalue weighted by molar-refractivity contribution is 5.96. The summed E-state index contributed by atoms with van der Waals surface area (Å²) in [5.74, 6) is -1.35. The van der Waals surface area contributed by atoms with Gasteiger partial charge in [0.15, 0.2) is 23.0 Å². The highest BCUT2D eigenvalue weighted by Crippen LogP contribution is 2.32. The number of rotatable bonds is 7. The van der Waals surface area contributed by atoms with Crippen LogP contribution in [0.25, 0.3) is 16.9 Å². The number of imidazole rings is 1. The number of nitrogens with one attached hydrogen (secondary N) is 1. The minimum atomic E-state index is -1.07. The van der Waals surface area contributed by atoms with Crippen molar-refractivity contribution in [3.63, 3.8) is 0 Å². The number of aryl methyl sites for hydroxylation is 1. The van der Waals surface area contributed by atoms with Gasteiger partial charge in [-0.3, -0.25) is 14.2 Å².